The fraction of sp³-hybridized carbons (Fsp3) is 0.0526. The van der Waals surface area contributed by atoms with Crippen LogP contribution < -0.4 is 11.1 Å². The number of amides is 1. The maximum Gasteiger partial charge on any atom is 0.244 e. The third kappa shape index (κ3) is 3.95. The van der Waals surface area contributed by atoms with Gasteiger partial charge in [0.15, 0.2) is 0 Å². The van der Waals surface area contributed by atoms with E-state index in [1.54, 1.807) is 24.4 Å². The predicted octanol–water partition coefficient (Wildman–Crippen LogP) is 4.18. The van der Waals surface area contributed by atoms with Crippen LogP contribution in [-0.4, -0.2) is 10.9 Å². The highest BCUT2D eigenvalue weighted by Gasteiger charge is 2.18. The summed E-state index contributed by atoms with van der Waals surface area (Å²) in [6, 6.07) is 14.4. The maximum atomic E-state index is 14.1. The van der Waals surface area contributed by atoms with Crippen LogP contribution in [0.15, 0.2) is 67.0 Å². The third-order valence-electron chi connectivity index (χ3n) is 3.71. The molecule has 1 aromatic heterocycles. The molecule has 0 fully saturated rings. The molecule has 6 heteroatoms. The molecule has 3 rings (SSSR count). The fourth-order valence-corrected chi connectivity index (χ4v) is 2.69. The van der Waals surface area contributed by atoms with Crippen molar-refractivity contribution in [1.29, 1.82) is 0 Å². The summed E-state index contributed by atoms with van der Waals surface area (Å²) in [5.41, 5.74) is 7.66. The molecule has 4 nitrogen and oxygen atoms in total. The van der Waals surface area contributed by atoms with Gasteiger partial charge in [-0.05, 0) is 29.8 Å². The second-order valence-corrected chi connectivity index (χ2v) is 5.91. The van der Waals surface area contributed by atoms with Crippen molar-refractivity contribution in [3.63, 3.8) is 0 Å². The Bertz CT molecular complexity index is 902. The Morgan fingerprint density at radius 3 is 2.60 bits per heavy atom. The van der Waals surface area contributed by atoms with Gasteiger partial charge >= 0.3 is 0 Å². The Morgan fingerprint density at radius 2 is 1.88 bits per heavy atom. The number of anilines is 1. The molecule has 1 heterocycles. The standard InChI is InChI=1S/C19H15ClFN3O/c20-14-6-7-17(21)16(9-14)13-8-15(11-23-10-13)24-18(19(22)25)12-4-2-1-3-5-12/h1-11,18,24H,(H2,22,25). The molecule has 1 atom stereocenters. The molecular formula is C19H15ClFN3O. The zero-order chi connectivity index (χ0) is 17.8. The molecule has 25 heavy (non-hydrogen) atoms. The van der Waals surface area contributed by atoms with Crippen LogP contribution in [0, 0.1) is 5.82 Å². The Balaban J connectivity index is 1.93. The molecule has 0 spiro atoms. The molecule has 0 saturated carbocycles. The van der Waals surface area contributed by atoms with Gasteiger partial charge in [-0.25, -0.2) is 4.39 Å². The first-order valence-corrected chi connectivity index (χ1v) is 7.93. The van der Waals surface area contributed by atoms with Crippen molar-refractivity contribution in [3.05, 3.63) is 83.4 Å². The van der Waals surface area contributed by atoms with Gasteiger partial charge in [0.1, 0.15) is 11.9 Å². The second-order valence-electron chi connectivity index (χ2n) is 5.48. The number of carbonyl (C=O) groups is 1. The summed E-state index contributed by atoms with van der Waals surface area (Å²) in [7, 11) is 0. The van der Waals surface area contributed by atoms with E-state index in [9.17, 15) is 9.18 Å². The van der Waals surface area contributed by atoms with Gasteiger partial charge in [0.05, 0.1) is 11.9 Å². The van der Waals surface area contributed by atoms with Gasteiger partial charge in [-0.2, -0.15) is 0 Å². The summed E-state index contributed by atoms with van der Waals surface area (Å²) >= 11 is 5.95. The number of benzene rings is 2. The second kappa shape index (κ2) is 7.32. The number of hydrogen-bond donors (Lipinski definition) is 2. The first-order valence-electron chi connectivity index (χ1n) is 7.56. The maximum absolute atomic E-state index is 14.1. The molecular weight excluding hydrogens is 341 g/mol. The SMILES string of the molecule is NC(=O)C(Nc1cncc(-c2cc(Cl)ccc2F)c1)c1ccccc1. The highest BCUT2D eigenvalue weighted by Crippen LogP contribution is 2.28. The zero-order valence-corrected chi connectivity index (χ0v) is 13.9. The Hall–Kier alpha value is -2.92. The number of halogens is 2. The van der Waals surface area contributed by atoms with Gasteiger partial charge in [-0.15, -0.1) is 0 Å². The summed E-state index contributed by atoms with van der Waals surface area (Å²) < 4.78 is 14.1. The zero-order valence-electron chi connectivity index (χ0n) is 13.1. The lowest BCUT2D eigenvalue weighted by Gasteiger charge is -2.17. The van der Waals surface area contributed by atoms with Gasteiger partial charge in [0, 0.05) is 22.3 Å². The Labute approximate surface area is 149 Å². The van der Waals surface area contributed by atoms with E-state index in [2.05, 4.69) is 10.3 Å². The first-order chi connectivity index (χ1) is 12.0. The van der Waals surface area contributed by atoms with Crippen LogP contribution in [0.4, 0.5) is 10.1 Å². The van der Waals surface area contributed by atoms with E-state index in [4.69, 9.17) is 17.3 Å². The van der Waals surface area contributed by atoms with E-state index < -0.39 is 17.8 Å². The number of aromatic nitrogens is 1. The van der Waals surface area contributed by atoms with Crippen LogP contribution >= 0.6 is 11.6 Å². The largest absolute Gasteiger partial charge is 0.369 e. The molecule has 0 aliphatic rings. The molecule has 0 aliphatic heterocycles. The van der Waals surface area contributed by atoms with Crippen molar-refractivity contribution in [2.75, 3.05) is 5.32 Å². The van der Waals surface area contributed by atoms with Crippen molar-refractivity contribution in [2.24, 2.45) is 5.73 Å². The fourth-order valence-electron chi connectivity index (χ4n) is 2.52. The van der Waals surface area contributed by atoms with Gasteiger partial charge in [-0.1, -0.05) is 41.9 Å². The molecule has 0 bridgehead atoms. The van der Waals surface area contributed by atoms with Crippen molar-refractivity contribution in [3.8, 4) is 11.1 Å². The number of nitrogens with two attached hydrogens (primary N) is 1. The minimum Gasteiger partial charge on any atom is -0.369 e. The van der Waals surface area contributed by atoms with Crippen LogP contribution in [0.25, 0.3) is 11.1 Å². The molecule has 1 amide bonds. The number of pyridine rings is 1. The summed E-state index contributed by atoms with van der Waals surface area (Å²) in [6.07, 6.45) is 3.08. The minimum atomic E-state index is -0.720. The van der Waals surface area contributed by atoms with Crippen molar-refractivity contribution >= 4 is 23.2 Å². The van der Waals surface area contributed by atoms with Gasteiger partial charge < -0.3 is 11.1 Å². The van der Waals surface area contributed by atoms with Crippen molar-refractivity contribution < 1.29 is 9.18 Å². The minimum absolute atomic E-state index is 0.332. The first kappa shape index (κ1) is 16.9. The smallest absolute Gasteiger partial charge is 0.244 e. The van der Waals surface area contributed by atoms with Gasteiger partial charge in [0.25, 0.3) is 0 Å². The van der Waals surface area contributed by atoms with Crippen LogP contribution in [0.1, 0.15) is 11.6 Å². The van der Waals surface area contributed by atoms with Crippen molar-refractivity contribution in [2.45, 2.75) is 6.04 Å². The lowest BCUT2D eigenvalue weighted by molar-refractivity contribution is -0.118. The van der Waals surface area contributed by atoms with Crippen LogP contribution in [0.2, 0.25) is 5.02 Å². The molecule has 1 unspecified atom stereocenters. The lowest BCUT2D eigenvalue weighted by atomic mass is 10.0. The summed E-state index contributed by atoms with van der Waals surface area (Å²) in [5, 5.41) is 3.47. The summed E-state index contributed by atoms with van der Waals surface area (Å²) in [4.78, 5) is 15.9. The molecule has 3 aromatic rings. The van der Waals surface area contributed by atoms with Crippen LogP contribution in [-0.2, 0) is 4.79 Å². The number of nitrogens with one attached hydrogen (secondary N) is 1. The molecule has 0 aliphatic carbocycles. The van der Waals surface area contributed by atoms with Crippen LogP contribution in [0.5, 0.6) is 0 Å². The van der Waals surface area contributed by atoms with Gasteiger partial charge in [-0.3, -0.25) is 9.78 Å². The average Bonchev–Trinajstić information content (AvgIpc) is 2.62. The number of hydrogen-bond acceptors (Lipinski definition) is 3. The predicted molar refractivity (Wildman–Crippen MR) is 96.6 cm³/mol. The van der Waals surface area contributed by atoms with E-state index in [1.807, 2.05) is 18.2 Å². The molecule has 3 N–H and O–H groups in total. The van der Waals surface area contributed by atoms with E-state index in [1.165, 1.54) is 24.4 Å². The van der Waals surface area contributed by atoms with E-state index in [0.717, 1.165) is 5.56 Å². The van der Waals surface area contributed by atoms with E-state index in [0.29, 0.717) is 21.8 Å². The number of nitrogens with zero attached hydrogens (tertiary/aromatic N) is 1. The monoisotopic (exact) mass is 355 g/mol. The molecule has 0 radical (unpaired) electrons. The summed E-state index contributed by atoms with van der Waals surface area (Å²) in [6.45, 7) is 0. The third-order valence-corrected chi connectivity index (χ3v) is 3.94. The number of primary amides is 1. The lowest BCUT2D eigenvalue weighted by Crippen LogP contribution is -2.27. The van der Waals surface area contributed by atoms with Crippen molar-refractivity contribution in [1.82, 2.24) is 4.98 Å². The van der Waals surface area contributed by atoms with E-state index in [-0.39, 0.29) is 0 Å². The number of carbonyl (C=O) groups excluding carboxylic acids is 1. The number of rotatable bonds is 5. The molecule has 126 valence electrons. The topological polar surface area (TPSA) is 68.0 Å². The normalized spacial score (nSPS) is 11.8. The Morgan fingerprint density at radius 1 is 1.12 bits per heavy atom. The highest BCUT2D eigenvalue weighted by atomic mass is 35.5. The van der Waals surface area contributed by atoms with Gasteiger partial charge in [0.2, 0.25) is 5.91 Å². The molecule has 0 saturated heterocycles. The summed E-state index contributed by atoms with van der Waals surface area (Å²) in [5.74, 6) is -0.927. The van der Waals surface area contributed by atoms with Crippen LogP contribution in [0.3, 0.4) is 0 Å². The average molecular weight is 356 g/mol. The Kier molecular flexibility index (Phi) is 4.95. The van der Waals surface area contributed by atoms with E-state index >= 15 is 0 Å². The molecule has 2 aromatic carbocycles. The quantitative estimate of drug-likeness (QED) is 0.721. The highest BCUT2D eigenvalue weighted by molar-refractivity contribution is 6.30.